The summed E-state index contributed by atoms with van der Waals surface area (Å²) in [6.07, 6.45) is 0.610. The van der Waals surface area contributed by atoms with Crippen LogP contribution in [0.15, 0.2) is 24.3 Å². The lowest BCUT2D eigenvalue weighted by Gasteiger charge is -2.05. The van der Waals surface area contributed by atoms with Crippen molar-refractivity contribution in [1.29, 1.82) is 0 Å². The van der Waals surface area contributed by atoms with E-state index in [1.807, 2.05) is 45.0 Å². The van der Waals surface area contributed by atoms with Gasteiger partial charge < -0.3 is 25.3 Å². The van der Waals surface area contributed by atoms with E-state index in [-0.39, 0.29) is 12.8 Å². The SMILES string of the molecule is CCc1c(C)c2cc3[nH]c(cc4nc(cc5nc(cc1[nH]2)C(C)=C5CCC(=O)O)C(CCC(=O)O)=C4C)c(C)c3[C@@H](C)O. The van der Waals surface area contributed by atoms with E-state index in [2.05, 4.69) is 23.8 Å². The van der Waals surface area contributed by atoms with Crippen LogP contribution in [0.4, 0.5) is 0 Å². The van der Waals surface area contributed by atoms with Crippen molar-refractivity contribution < 1.29 is 24.9 Å². The molecule has 43 heavy (non-hydrogen) atoms. The highest BCUT2D eigenvalue weighted by molar-refractivity contribution is 5.96. The van der Waals surface area contributed by atoms with Crippen molar-refractivity contribution in [2.24, 2.45) is 0 Å². The highest BCUT2D eigenvalue weighted by atomic mass is 16.4. The number of allylic oxidation sites excluding steroid dienone is 4. The molecule has 3 aromatic heterocycles. The van der Waals surface area contributed by atoms with E-state index in [9.17, 15) is 24.9 Å². The van der Waals surface area contributed by atoms with Crippen LogP contribution < -0.4 is 0 Å². The molecule has 0 aliphatic carbocycles. The Morgan fingerprint density at radius 2 is 1.21 bits per heavy atom. The van der Waals surface area contributed by atoms with Gasteiger partial charge in [0.15, 0.2) is 0 Å². The number of carbonyl (C=O) groups is 2. The largest absolute Gasteiger partial charge is 0.481 e. The average molecular weight is 583 g/mol. The molecule has 0 unspecified atom stereocenters. The number of nitrogens with zero attached hydrogens (tertiary/aromatic N) is 2. The Bertz CT molecular complexity index is 1890. The van der Waals surface area contributed by atoms with Gasteiger partial charge in [0.05, 0.1) is 28.9 Å². The normalized spacial score (nSPS) is 14.0. The summed E-state index contributed by atoms with van der Waals surface area (Å²) in [5.41, 5.74) is 13.6. The number of carboxylic acid groups (broad SMARTS) is 2. The van der Waals surface area contributed by atoms with Gasteiger partial charge in [-0.15, -0.1) is 0 Å². The maximum atomic E-state index is 11.5. The first-order chi connectivity index (χ1) is 20.4. The lowest BCUT2D eigenvalue weighted by atomic mass is 9.98. The van der Waals surface area contributed by atoms with Crippen LogP contribution in [-0.2, 0) is 16.0 Å². The molecule has 0 saturated carbocycles. The average Bonchev–Trinajstić information content (AvgIpc) is 3.59. The third-order valence-corrected chi connectivity index (χ3v) is 8.67. The minimum atomic E-state index is -0.897. The molecule has 5 rings (SSSR count). The van der Waals surface area contributed by atoms with E-state index in [1.54, 1.807) is 6.92 Å². The Kier molecular flexibility index (Phi) is 8.12. The predicted molar refractivity (Wildman–Crippen MR) is 169 cm³/mol. The number of aliphatic hydroxyl groups excluding tert-OH is 1. The molecule has 0 amide bonds. The Hall–Kier alpha value is -4.50. The highest BCUT2D eigenvalue weighted by Gasteiger charge is 2.23. The van der Waals surface area contributed by atoms with Crippen molar-refractivity contribution >= 4 is 56.3 Å². The monoisotopic (exact) mass is 582 g/mol. The topological polar surface area (TPSA) is 152 Å². The second-order valence-corrected chi connectivity index (χ2v) is 11.4. The Labute approximate surface area is 250 Å². The van der Waals surface area contributed by atoms with E-state index in [4.69, 9.17) is 9.97 Å². The summed E-state index contributed by atoms with van der Waals surface area (Å²) in [5.74, 6) is -1.78. The first kappa shape index (κ1) is 30.0. The molecule has 0 radical (unpaired) electrons. The first-order valence-electron chi connectivity index (χ1n) is 14.7. The second-order valence-electron chi connectivity index (χ2n) is 11.4. The van der Waals surface area contributed by atoms with E-state index >= 15 is 0 Å². The van der Waals surface area contributed by atoms with Crippen molar-refractivity contribution in [3.05, 3.63) is 69.3 Å². The fourth-order valence-corrected chi connectivity index (χ4v) is 6.27. The van der Waals surface area contributed by atoms with Crippen LogP contribution in [0, 0.1) is 13.8 Å². The van der Waals surface area contributed by atoms with Gasteiger partial charge in [-0.3, -0.25) is 9.59 Å². The third kappa shape index (κ3) is 5.64. The van der Waals surface area contributed by atoms with Crippen LogP contribution >= 0.6 is 0 Å². The number of aliphatic carboxylic acids is 2. The molecule has 0 saturated heterocycles. The number of hydrogen-bond acceptors (Lipinski definition) is 5. The molecule has 2 aliphatic rings. The van der Waals surface area contributed by atoms with Crippen LogP contribution in [0.5, 0.6) is 0 Å². The number of rotatable bonds is 8. The predicted octanol–water partition coefficient (Wildman–Crippen LogP) is 7.14. The van der Waals surface area contributed by atoms with Gasteiger partial charge in [-0.2, -0.15) is 0 Å². The summed E-state index contributed by atoms with van der Waals surface area (Å²) >= 11 is 0. The molecular weight excluding hydrogens is 544 g/mol. The standard InChI is InChI=1S/C34H38N4O5/c1-7-21-16(2)26-14-31-34(20(6)39)19(5)27(38-31)12-24-17(3)22(8-10-32(40)41)29(36-24)15-30-23(9-11-33(42)43)18(4)25(37-30)13-28(21)35-26/h12-15,20,35,38-39H,7-11H2,1-6H3,(H,40,41)(H,42,43)/t20-/m1/s1. The quantitative estimate of drug-likeness (QED) is 0.189. The van der Waals surface area contributed by atoms with Crippen molar-refractivity contribution in [3.8, 4) is 0 Å². The zero-order valence-electron chi connectivity index (χ0n) is 25.5. The molecule has 0 fully saturated rings. The molecule has 0 spiro atoms. The molecule has 8 bridgehead atoms. The minimum absolute atomic E-state index is 0.0358. The van der Waals surface area contributed by atoms with Crippen molar-refractivity contribution in [2.75, 3.05) is 0 Å². The summed E-state index contributed by atoms with van der Waals surface area (Å²) in [6, 6.07) is 7.85. The molecule has 3 aromatic rings. The molecule has 5 N–H and O–H groups in total. The van der Waals surface area contributed by atoms with Gasteiger partial charge in [-0.25, -0.2) is 9.97 Å². The summed E-state index contributed by atoms with van der Waals surface area (Å²) < 4.78 is 0. The van der Waals surface area contributed by atoms with E-state index in [0.717, 1.165) is 78.7 Å². The third-order valence-electron chi connectivity index (χ3n) is 8.67. The summed E-state index contributed by atoms with van der Waals surface area (Å²) in [6.45, 7) is 11.8. The van der Waals surface area contributed by atoms with Crippen molar-refractivity contribution in [1.82, 2.24) is 19.9 Å². The van der Waals surface area contributed by atoms with Gasteiger partial charge in [0.1, 0.15) is 0 Å². The second kappa shape index (κ2) is 11.6. The van der Waals surface area contributed by atoms with Crippen LogP contribution in [-0.4, -0.2) is 47.2 Å². The molecule has 1 atom stereocenters. The molecule has 2 aliphatic heterocycles. The smallest absolute Gasteiger partial charge is 0.303 e. The number of aliphatic hydroxyl groups is 1. The minimum Gasteiger partial charge on any atom is -0.481 e. The fraction of sp³-hybridized carbons (Fsp3) is 0.353. The first-order valence-corrected chi connectivity index (χ1v) is 14.7. The number of fused-ring (bicyclic) bond motifs is 8. The maximum Gasteiger partial charge on any atom is 0.303 e. The molecule has 9 nitrogen and oxygen atoms in total. The number of aryl methyl sites for hydroxylation is 3. The highest BCUT2D eigenvalue weighted by Crippen LogP contribution is 2.38. The van der Waals surface area contributed by atoms with Gasteiger partial charge in [0.2, 0.25) is 0 Å². The number of aromatic amines is 2. The van der Waals surface area contributed by atoms with E-state index < -0.39 is 18.0 Å². The number of hydrogen-bond donors (Lipinski definition) is 5. The van der Waals surface area contributed by atoms with E-state index in [1.165, 1.54) is 0 Å². The van der Waals surface area contributed by atoms with Gasteiger partial charge in [0.25, 0.3) is 0 Å². The molecule has 0 aromatic carbocycles. The van der Waals surface area contributed by atoms with Crippen molar-refractivity contribution in [3.63, 3.8) is 0 Å². The van der Waals surface area contributed by atoms with Crippen LogP contribution in [0.2, 0.25) is 0 Å². The number of carboxylic acids is 2. The van der Waals surface area contributed by atoms with Gasteiger partial charge in [-0.05, 0) is 117 Å². The molecule has 224 valence electrons. The molecule has 9 heteroatoms. The zero-order valence-corrected chi connectivity index (χ0v) is 25.5. The molecular formula is C34H38N4O5. The van der Waals surface area contributed by atoms with Crippen LogP contribution in [0.3, 0.4) is 0 Å². The summed E-state index contributed by atoms with van der Waals surface area (Å²) in [7, 11) is 0. The van der Waals surface area contributed by atoms with Crippen LogP contribution in [0.25, 0.3) is 44.4 Å². The lowest BCUT2D eigenvalue weighted by molar-refractivity contribution is -0.137. The number of aromatic nitrogens is 4. The van der Waals surface area contributed by atoms with Gasteiger partial charge in [0, 0.05) is 40.5 Å². The van der Waals surface area contributed by atoms with Crippen LogP contribution in [0.1, 0.15) is 105 Å². The Morgan fingerprint density at radius 3 is 1.70 bits per heavy atom. The molecule has 5 heterocycles. The fourth-order valence-electron chi connectivity index (χ4n) is 6.27. The Morgan fingerprint density at radius 1 is 0.721 bits per heavy atom. The van der Waals surface area contributed by atoms with Gasteiger partial charge >= 0.3 is 11.9 Å². The Balaban J connectivity index is 1.93. The van der Waals surface area contributed by atoms with Crippen molar-refractivity contribution in [2.45, 2.75) is 79.8 Å². The van der Waals surface area contributed by atoms with E-state index in [0.29, 0.717) is 29.9 Å². The number of nitrogens with one attached hydrogen (secondary N) is 2. The zero-order chi connectivity index (χ0) is 31.2. The maximum absolute atomic E-state index is 11.5. The summed E-state index contributed by atoms with van der Waals surface area (Å²) in [4.78, 5) is 40.1. The summed E-state index contributed by atoms with van der Waals surface area (Å²) in [5, 5.41) is 29.7. The lowest BCUT2D eigenvalue weighted by Crippen LogP contribution is -1.97. The van der Waals surface area contributed by atoms with Gasteiger partial charge in [-0.1, -0.05) is 6.92 Å². The number of H-pyrrole nitrogens is 2.